The molecule has 13 rings (SSSR count). The second kappa shape index (κ2) is 14.6. The van der Waals surface area contributed by atoms with E-state index in [9.17, 15) is 0 Å². The molecule has 4 aromatic heterocycles. The van der Waals surface area contributed by atoms with Crippen LogP contribution in [0.2, 0.25) is 0 Å². The smallest absolute Gasteiger partial charge is 0.237 e. The number of rotatable bonds is 7. The number of fused-ring (bicyclic) bond motifs is 9. The average Bonchev–Trinajstić information content (AvgIpc) is 4.03. The number of hydrogen-bond acceptors (Lipinski definition) is 3. The quantitative estimate of drug-likeness (QED) is 0.118. The summed E-state index contributed by atoms with van der Waals surface area (Å²) in [7, 11) is -3.01. The molecule has 0 amide bonds. The van der Waals surface area contributed by atoms with Gasteiger partial charge in [-0.1, -0.05) is 194 Å². The summed E-state index contributed by atoms with van der Waals surface area (Å²) in [6.45, 7) is 0. The lowest BCUT2D eigenvalue weighted by Crippen LogP contribution is -2.74. The van der Waals surface area contributed by atoms with Crippen molar-refractivity contribution < 1.29 is 0 Å². The number of benzene rings is 9. The van der Waals surface area contributed by atoms with Crippen LogP contribution in [0.3, 0.4) is 0 Å². The van der Waals surface area contributed by atoms with Crippen molar-refractivity contribution in [3.63, 3.8) is 0 Å². The lowest BCUT2D eigenvalue weighted by molar-refractivity contribution is 0.952. The van der Waals surface area contributed by atoms with E-state index in [2.05, 4.69) is 240 Å². The fraction of sp³-hybridized carbons (Fsp3) is 0. The molecule has 4 heterocycles. The summed E-state index contributed by atoms with van der Waals surface area (Å²) in [5.74, 6) is 1.44. The Morgan fingerprint density at radius 2 is 0.828 bits per heavy atom. The molecule has 0 aliphatic carbocycles. The van der Waals surface area contributed by atoms with Crippen molar-refractivity contribution in [3.05, 3.63) is 231 Å². The summed E-state index contributed by atoms with van der Waals surface area (Å²) in [6.07, 6.45) is 0. The number of para-hydroxylation sites is 4. The molecule has 0 atom stereocenters. The molecule has 0 fully saturated rings. The van der Waals surface area contributed by atoms with Gasteiger partial charge in [0.25, 0.3) is 0 Å². The third kappa shape index (κ3) is 5.46. The van der Waals surface area contributed by atoms with Gasteiger partial charge in [-0.15, -0.1) is 11.3 Å². The Hall–Kier alpha value is -7.90. The van der Waals surface area contributed by atoms with Crippen molar-refractivity contribution in [2.45, 2.75) is 0 Å². The van der Waals surface area contributed by atoms with E-state index in [0.29, 0.717) is 5.95 Å². The van der Waals surface area contributed by atoms with Gasteiger partial charge in [0.05, 0.1) is 27.8 Å². The van der Waals surface area contributed by atoms with Crippen LogP contribution in [0.4, 0.5) is 0 Å². The summed E-state index contributed by atoms with van der Waals surface area (Å²) < 4.78 is 7.20. The van der Waals surface area contributed by atoms with Crippen LogP contribution in [0.15, 0.2) is 231 Å². The van der Waals surface area contributed by atoms with Gasteiger partial charge < -0.3 is 0 Å². The maximum Gasteiger partial charge on any atom is 0.237 e. The van der Waals surface area contributed by atoms with Crippen LogP contribution in [-0.4, -0.2) is 27.2 Å². The minimum Gasteiger partial charge on any atom is -0.294 e. The van der Waals surface area contributed by atoms with Gasteiger partial charge >= 0.3 is 0 Å². The zero-order chi connectivity index (χ0) is 42.2. The van der Waals surface area contributed by atoms with E-state index in [1.165, 1.54) is 62.5 Å². The van der Waals surface area contributed by atoms with Crippen molar-refractivity contribution in [2.24, 2.45) is 0 Å². The second-order valence-corrected chi connectivity index (χ2v) is 21.3. The first-order chi connectivity index (χ1) is 31.8. The molecule has 4 nitrogen and oxygen atoms in total. The summed E-state index contributed by atoms with van der Waals surface area (Å²) in [5.41, 5.74) is 6.24. The van der Waals surface area contributed by atoms with Gasteiger partial charge in [0, 0.05) is 53.3 Å². The number of aromatic nitrogens is 4. The fourth-order valence-corrected chi connectivity index (χ4v) is 17.0. The standard InChI is InChI=1S/C58H38N4SSi/c1-3-20-40(21-4-1)64(41-22-5-2-6-23-41,55-36-18-30-48-47-29-11-16-35-54(47)63-57(48)55)42-24-17-19-39(37-42)49-38-56(61-50-31-12-7-25-43(50)44-26-8-13-32-51(44)61)60-58(59-49)62-52-33-14-9-27-45(52)46-28-10-15-34-53(46)62/h1-38H. The number of thiophene rings is 1. The third-order valence-electron chi connectivity index (χ3n) is 13.1. The zero-order valence-corrected chi connectivity index (χ0v) is 36.5. The summed E-state index contributed by atoms with van der Waals surface area (Å²) >= 11 is 1.91. The van der Waals surface area contributed by atoms with Crippen LogP contribution in [-0.2, 0) is 0 Å². The number of nitrogens with zero attached hydrogens (tertiary/aromatic N) is 4. The maximum atomic E-state index is 5.59. The molecule has 6 heteroatoms. The zero-order valence-electron chi connectivity index (χ0n) is 34.6. The molecule has 0 radical (unpaired) electrons. The largest absolute Gasteiger partial charge is 0.294 e. The van der Waals surface area contributed by atoms with Gasteiger partial charge in [-0.2, -0.15) is 4.98 Å². The molecule has 9 aromatic carbocycles. The predicted molar refractivity (Wildman–Crippen MR) is 273 cm³/mol. The predicted octanol–water partition coefficient (Wildman–Crippen LogP) is 12.1. The Bertz CT molecular complexity index is 3640. The van der Waals surface area contributed by atoms with E-state index < -0.39 is 8.07 Å². The summed E-state index contributed by atoms with van der Waals surface area (Å²) in [4.78, 5) is 11.1. The van der Waals surface area contributed by atoms with Crippen LogP contribution in [0.25, 0.3) is 86.8 Å². The molecule has 0 bridgehead atoms. The van der Waals surface area contributed by atoms with E-state index in [1.54, 1.807) is 0 Å². The lowest BCUT2D eigenvalue weighted by atomic mass is 10.1. The molecule has 0 unspecified atom stereocenters. The van der Waals surface area contributed by atoms with Gasteiger partial charge in [-0.25, -0.2) is 4.98 Å². The van der Waals surface area contributed by atoms with Gasteiger partial charge in [-0.3, -0.25) is 9.13 Å². The molecule has 0 aliphatic heterocycles. The SMILES string of the molecule is c1ccc([Si](c2ccccc2)(c2cccc(-c3cc(-n4c5ccccc5c5ccccc54)nc(-n4c5ccccc5c5ccccc54)n3)c2)c2cccc3c2sc2ccccc23)cc1. The Labute approximate surface area is 374 Å². The van der Waals surface area contributed by atoms with Gasteiger partial charge in [0.2, 0.25) is 5.95 Å². The monoisotopic (exact) mass is 850 g/mol. The first kappa shape index (κ1) is 36.7. The van der Waals surface area contributed by atoms with Crippen molar-refractivity contribution in [2.75, 3.05) is 0 Å². The van der Waals surface area contributed by atoms with Crippen molar-refractivity contribution in [1.29, 1.82) is 0 Å². The average molecular weight is 851 g/mol. The molecule has 0 N–H and O–H groups in total. The molecular formula is C58H38N4SSi. The topological polar surface area (TPSA) is 35.6 Å². The number of hydrogen-bond donors (Lipinski definition) is 0. The highest BCUT2D eigenvalue weighted by atomic mass is 32.1. The molecule has 64 heavy (non-hydrogen) atoms. The molecule has 13 aromatic rings. The van der Waals surface area contributed by atoms with E-state index in [-0.39, 0.29) is 0 Å². The van der Waals surface area contributed by atoms with Crippen LogP contribution in [0.1, 0.15) is 0 Å². The fourth-order valence-electron chi connectivity index (χ4n) is 10.4. The molecular weight excluding hydrogens is 813 g/mol. The Morgan fingerprint density at radius 1 is 0.359 bits per heavy atom. The highest BCUT2D eigenvalue weighted by Crippen LogP contribution is 2.37. The van der Waals surface area contributed by atoms with Crippen molar-refractivity contribution in [3.8, 4) is 23.0 Å². The van der Waals surface area contributed by atoms with Gasteiger partial charge in [0.1, 0.15) is 5.82 Å². The Kier molecular flexibility index (Phi) is 8.38. The highest BCUT2D eigenvalue weighted by Gasteiger charge is 2.43. The third-order valence-corrected chi connectivity index (χ3v) is 19.3. The maximum absolute atomic E-state index is 5.59. The van der Waals surface area contributed by atoms with E-state index in [0.717, 1.165) is 39.1 Å². The lowest BCUT2D eigenvalue weighted by Gasteiger charge is -2.35. The molecule has 0 aliphatic rings. The highest BCUT2D eigenvalue weighted by molar-refractivity contribution is 7.30. The minimum absolute atomic E-state index is 0.627. The first-order valence-corrected chi connectivity index (χ1v) is 24.6. The van der Waals surface area contributed by atoms with E-state index in [1.807, 2.05) is 11.3 Å². The Balaban J connectivity index is 1.13. The van der Waals surface area contributed by atoms with Crippen LogP contribution in [0, 0.1) is 0 Å². The van der Waals surface area contributed by atoms with Gasteiger partial charge in [-0.05, 0) is 51.1 Å². The van der Waals surface area contributed by atoms with Crippen LogP contribution in [0.5, 0.6) is 0 Å². The normalized spacial score (nSPS) is 12.1. The van der Waals surface area contributed by atoms with Crippen LogP contribution < -0.4 is 20.7 Å². The molecule has 0 spiro atoms. The van der Waals surface area contributed by atoms with E-state index >= 15 is 0 Å². The van der Waals surface area contributed by atoms with Gasteiger partial charge in [0.15, 0.2) is 8.07 Å². The first-order valence-electron chi connectivity index (χ1n) is 21.7. The molecule has 0 saturated heterocycles. The van der Waals surface area contributed by atoms with Crippen LogP contribution >= 0.6 is 11.3 Å². The van der Waals surface area contributed by atoms with Crippen molar-refractivity contribution in [1.82, 2.24) is 19.1 Å². The van der Waals surface area contributed by atoms with E-state index in [4.69, 9.17) is 9.97 Å². The Morgan fingerprint density at radius 3 is 1.42 bits per heavy atom. The second-order valence-electron chi connectivity index (χ2n) is 16.5. The summed E-state index contributed by atoms with van der Waals surface area (Å²) in [6, 6.07) is 84.3. The van der Waals surface area contributed by atoms with Crippen molar-refractivity contribution >= 4 is 104 Å². The minimum atomic E-state index is -3.01. The molecule has 300 valence electrons. The molecule has 0 saturated carbocycles. The summed E-state index contributed by atoms with van der Waals surface area (Å²) in [5, 5.41) is 12.7.